The Hall–Kier alpha value is -1.95. The van der Waals surface area contributed by atoms with Gasteiger partial charge in [0.1, 0.15) is 0 Å². The second-order valence-electron chi connectivity index (χ2n) is 4.64. The van der Waals surface area contributed by atoms with Crippen LogP contribution in [0.1, 0.15) is 21.7 Å². The van der Waals surface area contributed by atoms with Crippen molar-refractivity contribution in [2.24, 2.45) is 0 Å². The van der Waals surface area contributed by atoms with Gasteiger partial charge in [0.05, 0.1) is 17.0 Å². The first kappa shape index (κ1) is 13.5. The quantitative estimate of drug-likeness (QED) is 0.877. The summed E-state index contributed by atoms with van der Waals surface area (Å²) in [5, 5.41) is 7.37. The Labute approximate surface area is 112 Å². The Balaban J connectivity index is 2.34. The smallest absolute Gasteiger partial charge is 0.257 e. The van der Waals surface area contributed by atoms with E-state index in [0.29, 0.717) is 12.1 Å². The van der Waals surface area contributed by atoms with Gasteiger partial charge in [-0.25, -0.2) is 9.50 Å². The van der Waals surface area contributed by atoms with E-state index in [-0.39, 0.29) is 5.91 Å². The molecule has 102 valence electrons. The van der Waals surface area contributed by atoms with Crippen LogP contribution in [0.15, 0.2) is 12.3 Å². The molecule has 2 heterocycles. The largest absolute Gasteiger partial charge is 0.340 e. The fourth-order valence-corrected chi connectivity index (χ4v) is 1.96. The van der Waals surface area contributed by atoms with Crippen LogP contribution in [0.2, 0.25) is 0 Å². The highest BCUT2D eigenvalue weighted by atomic mass is 16.2. The zero-order chi connectivity index (χ0) is 14.0. The molecule has 19 heavy (non-hydrogen) atoms. The van der Waals surface area contributed by atoms with E-state index in [0.717, 1.165) is 23.6 Å². The highest BCUT2D eigenvalue weighted by Crippen LogP contribution is 2.12. The average Bonchev–Trinajstić information content (AvgIpc) is 2.77. The van der Waals surface area contributed by atoms with Crippen molar-refractivity contribution >= 4 is 11.6 Å². The molecule has 0 bridgehead atoms. The van der Waals surface area contributed by atoms with Crippen molar-refractivity contribution in [3.8, 4) is 0 Å². The fraction of sp³-hybridized carbons (Fsp3) is 0.462. The van der Waals surface area contributed by atoms with Crippen molar-refractivity contribution in [2.75, 3.05) is 27.2 Å². The maximum Gasteiger partial charge on any atom is 0.257 e. The van der Waals surface area contributed by atoms with Crippen molar-refractivity contribution in [3.05, 3.63) is 29.2 Å². The number of aryl methyl sites for hydroxylation is 2. The van der Waals surface area contributed by atoms with Crippen molar-refractivity contribution in [1.29, 1.82) is 0 Å². The van der Waals surface area contributed by atoms with Gasteiger partial charge in [-0.2, -0.15) is 5.10 Å². The molecule has 0 unspecified atom stereocenters. The van der Waals surface area contributed by atoms with E-state index in [2.05, 4.69) is 15.4 Å². The van der Waals surface area contributed by atoms with Crippen LogP contribution < -0.4 is 5.32 Å². The number of rotatable bonds is 4. The minimum atomic E-state index is -0.0321. The maximum absolute atomic E-state index is 12.3. The molecule has 0 atom stereocenters. The Kier molecular flexibility index (Phi) is 3.80. The maximum atomic E-state index is 12.3. The third kappa shape index (κ3) is 2.58. The first-order valence-corrected chi connectivity index (χ1v) is 6.26. The van der Waals surface area contributed by atoms with Crippen LogP contribution >= 0.6 is 0 Å². The number of hydrogen-bond donors (Lipinski definition) is 1. The van der Waals surface area contributed by atoms with Gasteiger partial charge < -0.3 is 10.2 Å². The average molecular weight is 261 g/mol. The number of likely N-dealkylation sites (N-methyl/N-ethyl adjacent to an activating group) is 2. The van der Waals surface area contributed by atoms with Crippen LogP contribution in [0.4, 0.5) is 0 Å². The molecule has 6 nitrogen and oxygen atoms in total. The molecule has 1 amide bonds. The summed E-state index contributed by atoms with van der Waals surface area (Å²) in [6.45, 7) is 5.22. The standard InChI is InChI=1S/C13H19N5O/c1-9-7-12-15-8-11(10(2)18(12)16-9)13(19)17(4)6-5-14-3/h7-8,14H,5-6H2,1-4H3. The van der Waals surface area contributed by atoms with Gasteiger partial charge in [-0.15, -0.1) is 0 Å². The number of nitrogens with zero attached hydrogens (tertiary/aromatic N) is 4. The van der Waals surface area contributed by atoms with Crippen LogP contribution in [0.25, 0.3) is 5.65 Å². The van der Waals surface area contributed by atoms with Crippen LogP contribution in [-0.4, -0.2) is 52.6 Å². The molecule has 0 saturated carbocycles. The van der Waals surface area contributed by atoms with Crippen molar-refractivity contribution in [3.63, 3.8) is 0 Å². The molecule has 0 radical (unpaired) electrons. The number of hydrogen-bond acceptors (Lipinski definition) is 4. The first-order chi connectivity index (χ1) is 9.04. The molecule has 6 heteroatoms. The number of carbonyl (C=O) groups is 1. The molecular formula is C13H19N5O. The summed E-state index contributed by atoms with van der Waals surface area (Å²) in [6.07, 6.45) is 1.63. The molecular weight excluding hydrogens is 242 g/mol. The number of carbonyl (C=O) groups excluding carboxylic acids is 1. The second-order valence-corrected chi connectivity index (χ2v) is 4.64. The zero-order valence-corrected chi connectivity index (χ0v) is 11.8. The van der Waals surface area contributed by atoms with E-state index in [9.17, 15) is 4.79 Å². The predicted molar refractivity (Wildman–Crippen MR) is 73.3 cm³/mol. The van der Waals surface area contributed by atoms with Crippen molar-refractivity contribution < 1.29 is 4.79 Å². The van der Waals surface area contributed by atoms with E-state index < -0.39 is 0 Å². The number of fused-ring (bicyclic) bond motifs is 1. The predicted octanol–water partition coefficient (Wildman–Crippen LogP) is 0.638. The summed E-state index contributed by atoms with van der Waals surface area (Å²) in [5.41, 5.74) is 3.07. The Bertz CT molecular complexity index is 604. The molecule has 0 fully saturated rings. The molecule has 0 aliphatic carbocycles. The van der Waals surface area contributed by atoms with Crippen LogP contribution in [0.3, 0.4) is 0 Å². The summed E-state index contributed by atoms with van der Waals surface area (Å²) in [7, 11) is 3.65. The number of aromatic nitrogens is 3. The summed E-state index contributed by atoms with van der Waals surface area (Å²) in [5.74, 6) is -0.0321. The van der Waals surface area contributed by atoms with Crippen molar-refractivity contribution in [1.82, 2.24) is 24.8 Å². The van der Waals surface area contributed by atoms with Gasteiger partial charge >= 0.3 is 0 Å². The number of amides is 1. The minimum absolute atomic E-state index is 0.0321. The van der Waals surface area contributed by atoms with E-state index in [4.69, 9.17) is 0 Å². The molecule has 0 aliphatic rings. The molecule has 0 spiro atoms. The lowest BCUT2D eigenvalue weighted by Gasteiger charge is -2.18. The van der Waals surface area contributed by atoms with E-state index >= 15 is 0 Å². The van der Waals surface area contributed by atoms with Gasteiger partial charge in [0.2, 0.25) is 0 Å². The SMILES string of the molecule is CNCCN(C)C(=O)c1cnc2cc(C)nn2c1C. The summed E-state index contributed by atoms with van der Waals surface area (Å²) in [4.78, 5) is 18.3. The highest BCUT2D eigenvalue weighted by molar-refractivity contribution is 5.95. The number of nitrogens with one attached hydrogen (secondary N) is 1. The van der Waals surface area contributed by atoms with Gasteiger partial charge in [-0.05, 0) is 20.9 Å². The van der Waals surface area contributed by atoms with Gasteiger partial charge in [0.25, 0.3) is 5.91 Å². The lowest BCUT2D eigenvalue weighted by Crippen LogP contribution is -2.33. The molecule has 1 N–H and O–H groups in total. The first-order valence-electron chi connectivity index (χ1n) is 6.26. The summed E-state index contributed by atoms with van der Waals surface area (Å²) in [6, 6.07) is 1.89. The molecule has 0 aromatic carbocycles. The van der Waals surface area contributed by atoms with Crippen LogP contribution in [0, 0.1) is 13.8 Å². The molecule has 2 aromatic rings. The summed E-state index contributed by atoms with van der Waals surface area (Å²) >= 11 is 0. The fourth-order valence-electron chi connectivity index (χ4n) is 1.96. The topological polar surface area (TPSA) is 62.5 Å². The Morgan fingerprint density at radius 1 is 1.47 bits per heavy atom. The second kappa shape index (κ2) is 5.36. The Morgan fingerprint density at radius 2 is 2.21 bits per heavy atom. The zero-order valence-electron chi connectivity index (χ0n) is 11.8. The van der Waals surface area contributed by atoms with Gasteiger partial charge in [-0.1, -0.05) is 0 Å². The third-order valence-corrected chi connectivity index (χ3v) is 3.12. The van der Waals surface area contributed by atoms with Gasteiger partial charge in [0, 0.05) is 32.4 Å². The summed E-state index contributed by atoms with van der Waals surface area (Å²) < 4.78 is 1.72. The highest BCUT2D eigenvalue weighted by Gasteiger charge is 2.17. The Morgan fingerprint density at radius 3 is 2.89 bits per heavy atom. The molecule has 0 aliphatic heterocycles. The molecule has 2 aromatic heterocycles. The molecule has 2 rings (SSSR count). The van der Waals surface area contributed by atoms with Crippen LogP contribution in [0.5, 0.6) is 0 Å². The van der Waals surface area contributed by atoms with E-state index in [1.54, 1.807) is 22.7 Å². The normalized spacial score (nSPS) is 10.9. The lowest BCUT2D eigenvalue weighted by molar-refractivity contribution is 0.0795. The lowest BCUT2D eigenvalue weighted by atomic mass is 10.2. The van der Waals surface area contributed by atoms with E-state index in [1.165, 1.54) is 0 Å². The van der Waals surface area contributed by atoms with Crippen molar-refractivity contribution in [2.45, 2.75) is 13.8 Å². The van der Waals surface area contributed by atoms with E-state index in [1.807, 2.05) is 27.0 Å². The third-order valence-electron chi connectivity index (χ3n) is 3.12. The van der Waals surface area contributed by atoms with Gasteiger partial charge in [0.15, 0.2) is 5.65 Å². The van der Waals surface area contributed by atoms with Crippen LogP contribution in [-0.2, 0) is 0 Å². The molecule has 0 saturated heterocycles. The van der Waals surface area contributed by atoms with Gasteiger partial charge in [-0.3, -0.25) is 4.79 Å². The minimum Gasteiger partial charge on any atom is -0.340 e. The monoisotopic (exact) mass is 261 g/mol.